The minimum absolute atomic E-state index is 0.0316. The third-order valence-corrected chi connectivity index (χ3v) is 10.2. The molecule has 3 aromatic rings. The van der Waals surface area contributed by atoms with Gasteiger partial charge in [-0.15, -0.1) is 0 Å². The molecule has 0 spiro atoms. The molecule has 0 unspecified atom stereocenters. The maximum atomic E-state index is 14.0. The zero-order valence-electron chi connectivity index (χ0n) is 26.2. The lowest BCUT2D eigenvalue weighted by Gasteiger charge is -2.42. The second kappa shape index (κ2) is 13.4. The van der Waals surface area contributed by atoms with Gasteiger partial charge < -0.3 is 30.2 Å². The number of aryl methyl sites for hydroxylation is 1. The molecule has 0 aliphatic carbocycles. The Morgan fingerprint density at radius 2 is 1.62 bits per heavy atom. The summed E-state index contributed by atoms with van der Waals surface area (Å²) >= 11 is 6.39. The highest BCUT2D eigenvalue weighted by Crippen LogP contribution is 2.28. The number of piperidine rings is 2. The Labute approximate surface area is 268 Å². The van der Waals surface area contributed by atoms with E-state index in [0.29, 0.717) is 55.8 Å². The van der Waals surface area contributed by atoms with E-state index >= 15 is 0 Å². The summed E-state index contributed by atoms with van der Waals surface area (Å²) in [5, 5.41) is 0.420. The van der Waals surface area contributed by atoms with Crippen molar-refractivity contribution in [3.8, 4) is 0 Å². The molecular formula is C33H44ClN7O4. The SMILES string of the molecule is Cc1cc(C[C@@H](OC(=O)N2CCC(n3c(=O)[nH]c4ccccc43)CC2)C(=O)N2CCN(C3CCN(C)CC3)CC2)cc(Cl)c1N. The Hall–Kier alpha value is -3.54. The van der Waals surface area contributed by atoms with Gasteiger partial charge in [0.25, 0.3) is 5.91 Å². The predicted octanol–water partition coefficient (Wildman–Crippen LogP) is 3.50. The molecule has 1 atom stereocenters. The summed E-state index contributed by atoms with van der Waals surface area (Å²) in [5.41, 5.74) is 9.71. The zero-order valence-corrected chi connectivity index (χ0v) is 27.0. The smallest absolute Gasteiger partial charge is 0.410 e. The fourth-order valence-corrected chi connectivity index (χ4v) is 7.44. The van der Waals surface area contributed by atoms with E-state index in [2.05, 4.69) is 21.8 Å². The average molecular weight is 638 g/mol. The van der Waals surface area contributed by atoms with Crippen LogP contribution in [-0.4, -0.2) is 113 Å². The maximum absolute atomic E-state index is 14.0. The van der Waals surface area contributed by atoms with Crippen molar-refractivity contribution >= 4 is 40.3 Å². The van der Waals surface area contributed by atoms with Gasteiger partial charge in [-0.05, 0) is 82.1 Å². The first-order valence-corrected chi connectivity index (χ1v) is 16.5. The van der Waals surface area contributed by atoms with Crippen molar-refractivity contribution in [2.45, 2.75) is 57.2 Å². The van der Waals surface area contributed by atoms with Crippen LogP contribution < -0.4 is 11.4 Å². The second-order valence-electron chi connectivity index (χ2n) is 12.8. The lowest BCUT2D eigenvalue weighted by molar-refractivity contribution is -0.143. The molecule has 242 valence electrons. The summed E-state index contributed by atoms with van der Waals surface area (Å²) in [5.74, 6) is -0.183. The zero-order chi connectivity index (χ0) is 31.7. The van der Waals surface area contributed by atoms with Crippen molar-refractivity contribution in [2.24, 2.45) is 0 Å². The summed E-state index contributed by atoms with van der Waals surface area (Å²) in [6.45, 7) is 7.76. The van der Waals surface area contributed by atoms with Crippen LogP contribution in [0.4, 0.5) is 10.5 Å². The molecule has 4 heterocycles. The fraction of sp³-hybridized carbons (Fsp3) is 0.545. The molecule has 2 aromatic carbocycles. The lowest BCUT2D eigenvalue weighted by atomic mass is 10.0. The molecule has 3 aliphatic rings. The van der Waals surface area contributed by atoms with E-state index in [1.54, 1.807) is 15.5 Å². The number of imidazole rings is 1. The molecule has 0 saturated carbocycles. The summed E-state index contributed by atoms with van der Waals surface area (Å²) in [7, 11) is 2.16. The van der Waals surface area contributed by atoms with Gasteiger partial charge in [0.15, 0.2) is 6.10 Å². The molecule has 11 nitrogen and oxygen atoms in total. The number of para-hydroxylation sites is 2. The standard InChI is InChI=1S/C33H44ClN7O4/c1-22-19-23(20-26(34)30(22)35)21-29(31(42)39-17-15-38(16-18-39)24-7-11-37(2)12-8-24)45-33(44)40-13-9-25(10-14-40)41-28-6-4-3-5-27(28)36-32(41)43/h3-6,19-20,24-25,29H,7-18,21,35H2,1-2H3,(H,36,43)/t29-/m1/s1. The molecule has 0 bridgehead atoms. The van der Waals surface area contributed by atoms with Crippen LogP contribution in [0.5, 0.6) is 0 Å². The van der Waals surface area contributed by atoms with E-state index in [9.17, 15) is 14.4 Å². The van der Waals surface area contributed by atoms with Crippen molar-refractivity contribution in [2.75, 3.05) is 65.1 Å². The number of benzene rings is 2. The number of nitrogens with zero attached hydrogens (tertiary/aromatic N) is 5. The van der Waals surface area contributed by atoms with Crippen molar-refractivity contribution in [1.29, 1.82) is 0 Å². The first kappa shape index (κ1) is 31.4. The van der Waals surface area contributed by atoms with E-state index in [1.807, 2.05) is 42.2 Å². The average Bonchev–Trinajstić information content (AvgIpc) is 3.39. The minimum Gasteiger partial charge on any atom is -0.436 e. The van der Waals surface area contributed by atoms with Gasteiger partial charge in [0.2, 0.25) is 0 Å². The molecule has 3 fully saturated rings. The molecule has 1 aromatic heterocycles. The van der Waals surface area contributed by atoms with Crippen LogP contribution in [0.1, 0.15) is 42.9 Å². The van der Waals surface area contributed by atoms with Crippen molar-refractivity contribution in [3.05, 3.63) is 63.0 Å². The predicted molar refractivity (Wildman–Crippen MR) is 176 cm³/mol. The van der Waals surface area contributed by atoms with Gasteiger partial charge in [-0.2, -0.15) is 0 Å². The van der Waals surface area contributed by atoms with Gasteiger partial charge in [-0.1, -0.05) is 29.8 Å². The molecule has 2 amide bonds. The van der Waals surface area contributed by atoms with Gasteiger partial charge in [-0.3, -0.25) is 14.3 Å². The van der Waals surface area contributed by atoms with Crippen molar-refractivity contribution in [1.82, 2.24) is 29.2 Å². The molecular weight excluding hydrogens is 594 g/mol. The number of carbonyl (C=O) groups excluding carboxylic acids is 2. The third-order valence-electron chi connectivity index (χ3n) is 9.88. The lowest BCUT2D eigenvalue weighted by Crippen LogP contribution is -2.56. The number of halogens is 1. The van der Waals surface area contributed by atoms with Gasteiger partial charge in [-0.25, -0.2) is 9.59 Å². The van der Waals surface area contributed by atoms with Crippen LogP contribution in [-0.2, 0) is 16.0 Å². The Morgan fingerprint density at radius 1 is 0.956 bits per heavy atom. The number of piperazine rings is 1. The number of carbonyl (C=O) groups is 2. The van der Waals surface area contributed by atoms with Gasteiger partial charge in [0, 0.05) is 57.8 Å². The molecule has 45 heavy (non-hydrogen) atoms. The van der Waals surface area contributed by atoms with Crippen molar-refractivity contribution in [3.63, 3.8) is 0 Å². The number of likely N-dealkylation sites (tertiary alicyclic amines) is 2. The minimum atomic E-state index is -0.986. The number of nitrogens with two attached hydrogens (primary N) is 1. The van der Waals surface area contributed by atoms with Gasteiger partial charge in [0.05, 0.1) is 21.7 Å². The first-order chi connectivity index (χ1) is 21.7. The number of hydrogen-bond acceptors (Lipinski definition) is 7. The summed E-state index contributed by atoms with van der Waals surface area (Å²) in [4.78, 5) is 51.5. The number of aromatic amines is 1. The second-order valence-corrected chi connectivity index (χ2v) is 13.2. The van der Waals surface area contributed by atoms with E-state index in [-0.39, 0.29) is 24.1 Å². The molecule has 6 rings (SSSR count). The number of ether oxygens (including phenoxy) is 1. The van der Waals surface area contributed by atoms with E-state index in [0.717, 1.165) is 61.2 Å². The number of anilines is 1. The number of hydrogen-bond donors (Lipinski definition) is 2. The monoisotopic (exact) mass is 637 g/mol. The van der Waals surface area contributed by atoms with Crippen LogP contribution in [0.3, 0.4) is 0 Å². The van der Waals surface area contributed by atoms with Crippen LogP contribution in [0.2, 0.25) is 5.02 Å². The summed E-state index contributed by atoms with van der Waals surface area (Å²) in [6, 6.07) is 11.8. The Morgan fingerprint density at radius 3 is 2.31 bits per heavy atom. The normalized spacial score (nSPS) is 20.1. The van der Waals surface area contributed by atoms with Crippen LogP contribution >= 0.6 is 11.6 Å². The summed E-state index contributed by atoms with van der Waals surface area (Å²) in [6.07, 6.45) is 2.23. The van der Waals surface area contributed by atoms with Crippen LogP contribution in [0, 0.1) is 6.92 Å². The number of fused-ring (bicyclic) bond motifs is 1. The van der Waals surface area contributed by atoms with Gasteiger partial charge in [0.1, 0.15) is 0 Å². The first-order valence-electron chi connectivity index (χ1n) is 16.1. The van der Waals surface area contributed by atoms with E-state index in [4.69, 9.17) is 22.1 Å². The highest BCUT2D eigenvalue weighted by Gasteiger charge is 2.35. The van der Waals surface area contributed by atoms with Crippen LogP contribution in [0.25, 0.3) is 11.0 Å². The molecule has 3 aliphatic heterocycles. The molecule has 3 N–H and O–H groups in total. The van der Waals surface area contributed by atoms with E-state index in [1.165, 1.54) is 0 Å². The number of rotatable bonds is 6. The quantitative estimate of drug-likeness (QED) is 0.397. The number of nitrogens with one attached hydrogen (secondary N) is 1. The number of nitrogen functional groups attached to an aromatic ring is 1. The Bertz CT molecular complexity index is 1560. The van der Waals surface area contributed by atoms with Crippen molar-refractivity contribution < 1.29 is 14.3 Å². The fourth-order valence-electron chi connectivity index (χ4n) is 7.15. The molecule has 0 radical (unpaired) electrons. The topological polar surface area (TPSA) is 120 Å². The highest BCUT2D eigenvalue weighted by atomic mass is 35.5. The Kier molecular flexibility index (Phi) is 9.39. The Balaban J connectivity index is 1.12. The molecule has 12 heteroatoms. The maximum Gasteiger partial charge on any atom is 0.410 e. The number of aromatic nitrogens is 2. The molecule has 3 saturated heterocycles. The number of H-pyrrole nitrogens is 1. The van der Waals surface area contributed by atoms with E-state index < -0.39 is 12.2 Å². The highest BCUT2D eigenvalue weighted by molar-refractivity contribution is 6.33. The van der Waals surface area contributed by atoms with Crippen LogP contribution in [0.15, 0.2) is 41.2 Å². The summed E-state index contributed by atoms with van der Waals surface area (Å²) < 4.78 is 7.82. The third kappa shape index (κ3) is 6.85. The number of amides is 2. The largest absolute Gasteiger partial charge is 0.436 e. The van der Waals surface area contributed by atoms with Gasteiger partial charge >= 0.3 is 11.8 Å².